The number of hydrogen-bond donors (Lipinski definition) is 2. The third kappa shape index (κ3) is 5.88. The average molecular weight is 490 g/mol. The van der Waals surface area contributed by atoms with Crippen LogP contribution in [-0.4, -0.2) is 17.1 Å². The number of nitrogens with one attached hydrogen (secondary N) is 2. The Morgan fingerprint density at radius 2 is 1.82 bits per heavy atom. The molecule has 5 nitrogen and oxygen atoms in total. The summed E-state index contributed by atoms with van der Waals surface area (Å²) >= 11 is 2.78. The van der Waals surface area contributed by atoms with Crippen molar-refractivity contribution in [1.29, 1.82) is 5.26 Å². The fraction of sp³-hybridized carbons (Fsp3) is 0.296. The van der Waals surface area contributed by atoms with Gasteiger partial charge in [0.15, 0.2) is 0 Å². The van der Waals surface area contributed by atoms with Crippen LogP contribution < -0.4 is 10.6 Å². The van der Waals surface area contributed by atoms with Crippen molar-refractivity contribution < 1.29 is 9.59 Å². The Balaban J connectivity index is 1.39. The van der Waals surface area contributed by atoms with Crippen LogP contribution >= 0.6 is 23.1 Å². The Kier molecular flexibility index (Phi) is 8.04. The van der Waals surface area contributed by atoms with Crippen molar-refractivity contribution in [3.05, 3.63) is 65.5 Å². The number of thioether (sulfide) groups is 1. The van der Waals surface area contributed by atoms with Crippen LogP contribution in [0.2, 0.25) is 0 Å². The summed E-state index contributed by atoms with van der Waals surface area (Å²) in [5.74, 6) is 0.0128. The zero-order chi connectivity index (χ0) is 23.9. The van der Waals surface area contributed by atoms with Crippen molar-refractivity contribution in [2.45, 2.75) is 49.2 Å². The maximum Gasteiger partial charge on any atom is 0.238 e. The third-order valence-corrected chi connectivity index (χ3v) is 7.97. The second kappa shape index (κ2) is 11.4. The Morgan fingerprint density at radius 3 is 2.56 bits per heavy atom. The van der Waals surface area contributed by atoms with Crippen molar-refractivity contribution in [3.63, 3.8) is 0 Å². The molecule has 1 aliphatic carbocycles. The Labute approximate surface area is 208 Å². The fourth-order valence-corrected chi connectivity index (χ4v) is 5.97. The molecule has 7 heteroatoms. The molecule has 1 fully saturated rings. The topological polar surface area (TPSA) is 82.0 Å². The molecule has 1 atom stereocenters. The first-order valence-corrected chi connectivity index (χ1v) is 13.3. The third-order valence-electron chi connectivity index (χ3n) is 5.98. The van der Waals surface area contributed by atoms with Gasteiger partial charge < -0.3 is 10.6 Å². The summed E-state index contributed by atoms with van der Waals surface area (Å²) in [5, 5.41) is 17.8. The van der Waals surface area contributed by atoms with E-state index < -0.39 is 0 Å². The highest BCUT2D eigenvalue weighted by Crippen LogP contribution is 2.36. The molecule has 1 saturated carbocycles. The highest BCUT2D eigenvalue weighted by molar-refractivity contribution is 8.00. The van der Waals surface area contributed by atoms with Gasteiger partial charge in [-0.3, -0.25) is 9.59 Å². The van der Waals surface area contributed by atoms with Gasteiger partial charge in [0.2, 0.25) is 11.8 Å². The van der Waals surface area contributed by atoms with Crippen LogP contribution in [0.4, 0.5) is 10.7 Å². The molecule has 1 aromatic heterocycles. The van der Waals surface area contributed by atoms with E-state index in [2.05, 4.69) is 16.7 Å². The molecule has 1 heterocycles. The lowest BCUT2D eigenvalue weighted by Gasteiger charge is -2.21. The van der Waals surface area contributed by atoms with Gasteiger partial charge >= 0.3 is 0 Å². The smallest absolute Gasteiger partial charge is 0.238 e. The number of nitrogens with zero attached hydrogens (tertiary/aromatic N) is 1. The molecular formula is C27H27N3O2S2. The summed E-state index contributed by atoms with van der Waals surface area (Å²) < 4.78 is 0. The summed E-state index contributed by atoms with van der Waals surface area (Å²) in [5.41, 5.74) is 3.01. The van der Waals surface area contributed by atoms with Crippen molar-refractivity contribution in [1.82, 2.24) is 0 Å². The summed E-state index contributed by atoms with van der Waals surface area (Å²) in [6.45, 7) is 1.84. The Hall–Kier alpha value is -3.08. The zero-order valence-corrected chi connectivity index (χ0v) is 20.7. The van der Waals surface area contributed by atoms with Crippen LogP contribution in [-0.2, 0) is 9.59 Å². The van der Waals surface area contributed by atoms with Gasteiger partial charge in [-0.05, 0) is 43.5 Å². The zero-order valence-electron chi connectivity index (χ0n) is 19.0. The first-order valence-electron chi connectivity index (χ1n) is 11.5. The highest BCUT2D eigenvalue weighted by Gasteiger charge is 2.22. The van der Waals surface area contributed by atoms with Gasteiger partial charge in [-0.2, -0.15) is 5.26 Å². The fourth-order valence-electron chi connectivity index (χ4n) is 4.12. The van der Waals surface area contributed by atoms with E-state index in [-0.39, 0.29) is 23.0 Å². The molecule has 2 N–H and O–H groups in total. The molecule has 1 aliphatic rings. The quantitative estimate of drug-likeness (QED) is 0.353. The van der Waals surface area contributed by atoms with E-state index in [1.165, 1.54) is 29.5 Å². The number of anilines is 2. The van der Waals surface area contributed by atoms with E-state index in [9.17, 15) is 14.9 Å². The predicted octanol–water partition coefficient (Wildman–Crippen LogP) is 6.92. The van der Waals surface area contributed by atoms with Gasteiger partial charge in [-0.15, -0.1) is 23.1 Å². The van der Waals surface area contributed by atoms with Crippen LogP contribution in [0.3, 0.4) is 0 Å². The molecule has 0 bridgehead atoms. The van der Waals surface area contributed by atoms with E-state index in [1.807, 2.05) is 66.9 Å². The summed E-state index contributed by atoms with van der Waals surface area (Å²) in [6, 6.07) is 19.5. The number of carbonyl (C=O) groups is 2. The van der Waals surface area contributed by atoms with E-state index in [4.69, 9.17) is 0 Å². The SMILES string of the molecule is CC(Sc1cccc(NC(=O)C2CCCCC2)c1)C(=O)Nc1scc(-c2ccccc2)c1C#N. The Morgan fingerprint density at radius 1 is 1.06 bits per heavy atom. The number of carbonyl (C=O) groups excluding carboxylic acids is 2. The molecular weight excluding hydrogens is 462 g/mol. The van der Waals surface area contributed by atoms with Crippen molar-refractivity contribution in [3.8, 4) is 17.2 Å². The number of rotatable bonds is 7. The largest absolute Gasteiger partial charge is 0.326 e. The summed E-state index contributed by atoms with van der Waals surface area (Å²) in [4.78, 5) is 26.4. The van der Waals surface area contributed by atoms with Crippen LogP contribution in [0, 0.1) is 17.2 Å². The minimum atomic E-state index is -0.377. The first-order chi connectivity index (χ1) is 16.5. The van der Waals surface area contributed by atoms with Gasteiger partial charge in [0.05, 0.1) is 10.8 Å². The standard InChI is InChI=1S/C27H27N3O2S2/c1-18(25(31)30-27-23(16-28)24(17-33-27)19-9-4-2-5-10-19)34-22-14-8-13-21(15-22)29-26(32)20-11-6-3-7-12-20/h2,4-5,8-10,13-15,17-18,20H,3,6-7,11-12H2,1H3,(H,29,32)(H,30,31). The number of amides is 2. The maximum absolute atomic E-state index is 12.9. The molecule has 2 aromatic carbocycles. The van der Waals surface area contributed by atoms with Gasteiger partial charge in [0.25, 0.3) is 0 Å². The maximum atomic E-state index is 12.9. The lowest BCUT2D eigenvalue weighted by Crippen LogP contribution is -2.24. The lowest BCUT2D eigenvalue weighted by molar-refractivity contribution is -0.120. The molecule has 3 aromatic rings. The molecule has 1 unspecified atom stereocenters. The minimum absolute atomic E-state index is 0.0867. The van der Waals surface area contributed by atoms with Crippen LogP contribution in [0.5, 0.6) is 0 Å². The van der Waals surface area contributed by atoms with Crippen molar-refractivity contribution in [2.24, 2.45) is 5.92 Å². The van der Waals surface area contributed by atoms with E-state index in [0.29, 0.717) is 10.6 Å². The molecule has 34 heavy (non-hydrogen) atoms. The van der Waals surface area contributed by atoms with Gasteiger partial charge in [0, 0.05) is 27.4 Å². The molecule has 0 saturated heterocycles. The number of hydrogen-bond acceptors (Lipinski definition) is 5. The van der Waals surface area contributed by atoms with Crippen LogP contribution in [0.15, 0.2) is 64.9 Å². The summed E-state index contributed by atoms with van der Waals surface area (Å²) in [7, 11) is 0. The van der Waals surface area contributed by atoms with E-state index in [1.54, 1.807) is 0 Å². The van der Waals surface area contributed by atoms with E-state index in [0.717, 1.165) is 47.4 Å². The molecule has 0 aliphatic heterocycles. The number of thiophene rings is 1. The monoisotopic (exact) mass is 489 g/mol. The Bertz CT molecular complexity index is 1190. The molecule has 0 radical (unpaired) electrons. The van der Waals surface area contributed by atoms with Crippen molar-refractivity contribution >= 4 is 45.6 Å². The first kappa shape index (κ1) is 24.1. The van der Waals surface area contributed by atoms with Gasteiger partial charge in [-0.1, -0.05) is 55.7 Å². The van der Waals surface area contributed by atoms with E-state index >= 15 is 0 Å². The van der Waals surface area contributed by atoms with Gasteiger partial charge in [-0.25, -0.2) is 0 Å². The molecule has 0 spiro atoms. The van der Waals surface area contributed by atoms with Crippen molar-refractivity contribution in [2.75, 3.05) is 10.6 Å². The van der Waals surface area contributed by atoms with Crippen LogP contribution in [0.1, 0.15) is 44.6 Å². The molecule has 2 amide bonds. The predicted molar refractivity (Wildman–Crippen MR) is 140 cm³/mol. The number of nitriles is 1. The average Bonchev–Trinajstić information content (AvgIpc) is 3.27. The summed E-state index contributed by atoms with van der Waals surface area (Å²) in [6.07, 6.45) is 5.36. The number of benzene rings is 2. The highest BCUT2D eigenvalue weighted by atomic mass is 32.2. The second-order valence-corrected chi connectivity index (χ2v) is 10.7. The van der Waals surface area contributed by atoms with Crippen LogP contribution in [0.25, 0.3) is 11.1 Å². The van der Waals surface area contributed by atoms with Gasteiger partial charge in [0.1, 0.15) is 11.1 Å². The normalized spacial score (nSPS) is 14.7. The lowest BCUT2D eigenvalue weighted by atomic mass is 9.88. The second-order valence-electron chi connectivity index (χ2n) is 8.43. The molecule has 174 valence electrons. The minimum Gasteiger partial charge on any atom is -0.326 e. The molecule has 4 rings (SSSR count).